The molecular weight excluding hydrogens is 512 g/mol. The van der Waals surface area contributed by atoms with Crippen LogP contribution in [0.15, 0.2) is 48.6 Å². The summed E-state index contributed by atoms with van der Waals surface area (Å²) in [6, 6.07) is 0. The Labute approximate surface area is 237 Å². The fourth-order valence-corrected chi connectivity index (χ4v) is 4.61. The van der Waals surface area contributed by atoms with Gasteiger partial charge in [0.2, 0.25) is 0 Å². The van der Waals surface area contributed by atoms with Gasteiger partial charge in [-0.25, -0.2) is 0 Å². The number of hydrogen-bond donors (Lipinski definition) is 0. The van der Waals surface area contributed by atoms with E-state index in [9.17, 15) is 19.2 Å². The topological polar surface area (TPSA) is 105 Å². The minimum atomic E-state index is -0.0634. The summed E-state index contributed by atoms with van der Waals surface area (Å²) in [5.74, 6) is 1.57. The predicted octanol–water partition coefficient (Wildman–Crippen LogP) is 5.57. The minimum Gasteiger partial charge on any atom is -0.461 e. The number of allylic oxidation sites excluding steroid dienone is 4. The molecule has 6 aliphatic rings. The van der Waals surface area contributed by atoms with Crippen LogP contribution in [-0.2, 0) is 38.1 Å². The van der Waals surface area contributed by atoms with Crippen LogP contribution in [0.1, 0.15) is 77.0 Å². The summed E-state index contributed by atoms with van der Waals surface area (Å²) in [6.07, 6.45) is 27.7. The van der Waals surface area contributed by atoms with E-state index in [0.717, 1.165) is 64.2 Å². The van der Waals surface area contributed by atoms with E-state index < -0.39 is 0 Å². The minimum absolute atomic E-state index is 0.00866. The van der Waals surface area contributed by atoms with E-state index in [1.165, 1.54) is 0 Å². The van der Waals surface area contributed by atoms with Gasteiger partial charge in [0, 0.05) is 12.8 Å². The highest BCUT2D eigenvalue weighted by Gasteiger charge is 2.44. The van der Waals surface area contributed by atoms with Crippen molar-refractivity contribution in [3.8, 4) is 0 Å². The summed E-state index contributed by atoms with van der Waals surface area (Å²) in [4.78, 5) is 43.4. The van der Waals surface area contributed by atoms with E-state index in [1.54, 1.807) is 0 Å². The zero-order valence-corrected chi connectivity index (χ0v) is 23.5. The molecule has 8 heteroatoms. The lowest BCUT2D eigenvalue weighted by atomic mass is 10.2. The van der Waals surface area contributed by atoms with Crippen LogP contribution >= 0.6 is 0 Å². The fraction of sp³-hybridized carbons (Fsp3) is 0.625. The van der Waals surface area contributed by atoms with Crippen molar-refractivity contribution in [1.29, 1.82) is 0 Å². The quantitative estimate of drug-likeness (QED) is 0.217. The van der Waals surface area contributed by atoms with E-state index in [0.29, 0.717) is 51.1 Å². The summed E-state index contributed by atoms with van der Waals surface area (Å²) in [7, 11) is 0. The Bertz CT molecular complexity index is 871. The van der Waals surface area contributed by atoms with Gasteiger partial charge in [0.25, 0.3) is 0 Å². The lowest BCUT2D eigenvalue weighted by molar-refractivity contribution is -0.145. The van der Waals surface area contributed by atoms with Crippen molar-refractivity contribution in [2.24, 2.45) is 23.7 Å². The second-order valence-electron chi connectivity index (χ2n) is 10.7. The van der Waals surface area contributed by atoms with Gasteiger partial charge in [0.05, 0.1) is 11.8 Å². The Balaban J connectivity index is 0.000000147. The molecule has 220 valence electrons. The zero-order chi connectivity index (χ0) is 28.4. The van der Waals surface area contributed by atoms with Crippen molar-refractivity contribution in [3.05, 3.63) is 48.6 Å². The molecule has 8 nitrogen and oxygen atoms in total. The molecule has 0 aromatic carbocycles. The van der Waals surface area contributed by atoms with Crippen LogP contribution in [0.2, 0.25) is 0 Å². The van der Waals surface area contributed by atoms with Gasteiger partial charge in [-0.05, 0) is 76.0 Å². The van der Waals surface area contributed by atoms with Gasteiger partial charge < -0.3 is 18.9 Å². The Morgan fingerprint density at radius 3 is 1.32 bits per heavy atom. The Hall–Kier alpha value is -3.16. The molecule has 0 aromatic heterocycles. The van der Waals surface area contributed by atoms with Crippen molar-refractivity contribution in [3.63, 3.8) is 0 Å². The first-order valence-corrected chi connectivity index (χ1v) is 14.8. The maximum atomic E-state index is 11.0. The molecule has 2 aliphatic carbocycles. The molecule has 4 heterocycles. The molecule has 0 saturated heterocycles. The number of rotatable bonds is 0. The van der Waals surface area contributed by atoms with Crippen LogP contribution in [0, 0.1) is 23.7 Å². The molecule has 4 unspecified atom stereocenters. The van der Waals surface area contributed by atoms with Crippen LogP contribution < -0.4 is 0 Å². The molecule has 2 saturated carbocycles. The molecule has 0 aromatic rings. The first-order valence-electron chi connectivity index (χ1n) is 14.8. The maximum absolute atomic E-state index is 11.0. The summed E-state index contributed by atoms with van der Waals surface area (Å²) in [6.45, 7) is 1.86. The number of cyclic esters (lactones) is 4. The van der Waals surface area contributed by atoms with E-state index in [4.69, 9.17) is 18.9 Å². The molecule has 0 amide bonds. The third-order valence-electron chi connectivity index (χ3n) is 7.32. The summed E-state index contributed by atoms with van der Waals surface area (Å²) in [5.41, 5.74) is 0. The highest BCUT2D eigenvalue weighted by Crippen LogP contribution is 2.43. The second-order valence-corrected chi connectivity index (χ2v) is 10.7. The van der Waals surface area contributed by atoms with Gasteiger partial charge in [-0.2, -0.15) is 0 Å². The average molecular weight is 557 g/mol. The Morgan fingerprint density at radius 2 is 0.875 bits per heavy atom. The second kappa shape index (κ2) is 18.2. The van der Waals surface area contributed by atoms with Gasteiger partial charge in [-0.15, -0.1) is 0 Å². The lowest BCUT2D eigenvalue weighted by Gasteiger charge is -2.02. The largest absolute Gasteiger partial charge is 0.461 e. The summed E-state index contributed by atoms with van der Waals surface area (Å²) >= 11 is 0. The number of esters is 4. The molecule has 2 fully saturated rings. The summed E-state index contributed by atoms with van der Waals surface area (Å²) in [5, 5.41) is 0. The molecule has 0 radical (unpaired) electrons. The van der Waals surface area contributed by atoms with Crippen molar-refractivity contribution in [2.75, 3.05) is 26.4 Å². The normalized spacial score (nSPS) is 29.0. The summed E-state index contributed by atoms with van der Waals surface area (Å²) < 4.78 is 19.5. The van der Waals surface area contributed by atoms with Crippen LogP contribution in [0.5, 0.6) is 0 Å². The van der Waals surface area contributed by atoms with Crippen molar-refractivity contribution in [1.82, 2.24) is 0 Å². The Morgan fingerprint density at radius 1 is 0.475 bits per heavy atom. The fourth-order valence-electron chi connectivity index (χ4n) is 4.61. The molecule has 6 rings (SSSR count). The van der Waals surface area contributed by atoms with Crippen LogP contribution in [0.4, 0.5) is 0 Å². The number of carbonyl (C=O) groups is 4. The van der Waals surface area contributed by atoms with Crippen LogP contribution in [-0.4, -0.2) is 50.3 Å². The Kier molecular flexibility index (Phi) is 14.3. The van der Waals surface area contributed by atoms with E-state index >= 15 is 0 Å². The molecule has 0 bridgehead atoms. The van der Waals surface area contributed by atoms with E-state index in [-0.39, 0.29) is 35.7 Å². The standard InChI is InChI=1S/2C8H10O2.2C8H12O2/c2*9-8-7-5-6(7)3-1-2-4-10-8;2*9-8-6-4-2-1-3-5-7-10-8/h2*1-2,6-7H,3-5H2;2*3,5H,1-2,4,6-7H2. The predicted molar refractivity (Wildman–Crippen MR) is 150 cm³/mol. The molecule has 0 N–H and O–H groups in total. The van der Waals surface area contributed by atoms with Gasteiger partial charge in [-0.3, -0.25) is 19.2 Å². The zero-order valence-electron chi connectivity index (χ0n) is 23.5. The van der Waals surface area contributed by atoms with Gasteiger partial charge in [0.1, 0.15) is 26.4 Å². The van der Waals surface area contributed by atoms with E-state index in [1.807, 2.05) is 24.3 Å². The van der Waals surface area contributed by atoms with Gasteiger partial charge in [0.15, 0.2) is 0 Å². The van der Waals surface area contributed by atoms with Crippen LogP contribution in [0.25, 0.3) is 0 Å². The van der Waals surface area contributed by atoms with Gasteiger partial charge >= 0.3 is 23.9 Å². The monoisotopic (exact) mass is 556 g/mol. The maximum Gasteiger partial charge on any atom is 0.309 e. The number of hydrogen-bond acceptors (Lipinski definition) is 8. The third kappa shape index (κ3) is 13.3. The lowest BCUT2D eigenvalue weighted by Crippen LogP contribution is -2.09. The smallest absolute Gasteiger partial charge is 0.309 e. The molecular formula is C32H44O8. The van der Waals surface area contributed by atoms with Crippen molar-refractivity contribution < 1.29 is 38.1 Å². The highest BCUT2D eigenvalue weighted by molar-refractivity contribution is 5.76. The first-order chi connectivity index (χ1) is 19.5. The molecule has 40 heavy (non-hydrogen) atoms. The highest BCUT2D eigenvalue weighted by atomic mass is 16.5. The van der Waals surface area contributed by atoms with Crippen LogP contribution in [0.3, 0.4) is 0 Å². The SMILES string of the molecule is O=C1CCCCC=CCO1.O=C1CCCCC=CCO1.O=C1OCC=CCC2CC12.O=C1OCC=CCC2CC12. The van der Waals surface area contributed by atoms with Crippen molar-refractivity contribution >= 4 is 23.9 Å². The molecule has 0 spiro atoms. The van der Waals surface area contributed by atoms with Gasteiger partial charge in [-0.1, -0.05) is 48.6 Å². The third-order valence-corrected chi connectivity index (χ3v) is 7.32. The average Bonchev–Trinajstić information content (AvgIpc) is 3.86. The first kappa shape index (κ1) is 31.4. The number of ether oxygens (including phenoxy) is 4. The number of fused-ring (bicyclic) bond motifs is 2. The molecule has 4 aliphatic heterocycles. The van der Waals surface area contributed by atoms with Crippen molar-refractivity contribution in [2.45, 2.75) is 77.0 Å². The molecule has 4 atom stereocenters. The number of carbonyl (C=O) groups excluding carboxylic acids is 4. The van der Waals surface area contributed by atoms with E-state index in [2.05, 4.69) is 24.3 Å².